The summed E-state index contributed by atoms with van der Waals surface area (Å²) in [4.78, 5) is 16.7. The number of carbonyl (C=O) groups excluding carboxylic acids is 1. The molecule has 1 heterocycles. The number of carbonyl (C=O) groups is 1. The van der Waals surface area contributed by atoms with Crippen LogP contribution in [-0.2, 0) is 9.53 Å². The van der Waals surface area contributed by atoms with Crippen LogP contribution in [0.25, 0.3) is 16.8 Å². The number of rotatable bonds is 5. The van der Waals surface area contributed by atoms with Crippen molar-refractivity contribution in [2.45, 2.75) is 0 Å². The normalized spacial score (nSPS) is 14.7. The Morgan fingerprint density at radius 3 is 2.21 bits per heavy atom. The molecule has 1 aliphatic heterocycles. The highest BCUT2D eigenvalue weighted by atomic mass is 16.6. The van der Waals surface area contributed by atoms with Crippen molar-refractivity contribution in [2.24, 2.45) is 4.99 Å². The maximum absolute atomic E-state index is 12.4. The van der Waals surface area contributed by atoms with E-state index in [1.54, 1.807) is 18.2 Å². The molecule has 0 saturated carbocycles. The van der Waals surface area contributed by atoms with Gasteiger partial charge in [0.05, 0.1) is 21.3 Å². The SMILES string of the molecule is COc1cc(C2=N/C(=C/c3ccc4ccccc4c3)C(=O)O2)cc(OC)c1OC. The Kier molecular flexibility index (Phi) is 4.91. The van der Waals surface area contributed by atoms with E-state index in [2.05, 4.69) is 4.99 Å². The molecular formula is C23H19NO5. The topological polar surface area (TPSA) is 66.4 Å². The summed E-state index contributed by atoms with van der Waals surface area (Å²) in [5.41, 5.74) is 1.64. The van der Waals surface area contributed by atoms with Crippen molar-refractivity contribution in [2.75, 3.05) is 21.3 Å². The van der Waals surface area contributed by atoms with Gasteiger partial charge in [0.2, 0.25) is 11.6 Å². The Balaban J connectivity index is 1.72. The monoisotopic (exact) mass is 389 g/mol. The number of cyclic esters (lactones) is 1. The molecule has 6 nitrogen and oxygen atoms in total. The minimum atomic E-state index is -0.512. The first-order chi connectivity index (χ1) is 14.1. The number of methoxy groups -OCH3 is 3. The Morgan fingerprint density at radius 1 is 0.862 bits per heavy atom. The second-order valence-corrected chi connectivity index (χ2v) is 6.36. The van der Waals surface area contributed by atoms with Crippen LogP contribution in [0.1, 0.15) is 11.1 Å². The van der Waals surface area contributed by atoms with Crippen molar-refractivity contribution in [3.63, 3.8) is 0 Å². The van der Waals surface area contributed by atoms with Crippen molar-refractivity contribution in [3.8, 4) is 17.2 Å². The summed E-state index contributed by atoms with van der Waals surface area (Å²) in [6, 6.07) is 17.3. The summed E-state index contributed by atoms with van der Waals surface area (Å²) in [5.74, 6) is 1.03. The van der Waals surface area contributed by atoms with E-state index in [0.29, 0.717) is 22.8 Å². The highest BCUT2D eigenvalue weighted by Crippen LogP contribution is 2.39. The van der Waals surface area contributed by atoms with E-state index in [-0.39, 0.29) is 11.6 Å². The Hall–Kier alpha value is -3.80. The zero-order chi connectivity index (χ0) is 20.4. The molecule has 146 valence electrons. The summed E-state index contributed by atoms with van der Waals surface area (Å²) < 4.78 is 21.4. The highest BCUT2D eigenvalue weighted by molar-refractivity contribution is 6.13. The second-order valence-electron chi connectivity index (χ2n) is 6.36. The molecule has 29 heavy (non-hydrogen) atoms. The molecule has 0 bridgehead atoms. The number of hydrogen-bond donors (Lipinski definition) is 0. The van der Waals surface area contributed by atoms with Gasteiger partial charge >= 0.3 is 5.97 Å². The summed E-state index contributed by atoms with van der Waals surface area (Å²) in [6.07, 6.45) is 1.71. The fraction of sp³-hybridized carbons (Fsp3) is 0.130. The lowest BCUT2D eigenvalue weighted by molar-refractivity contribution is -0.129. The average Bonchev–Trinajstić information content (AvgIpc) is 3.12. The van der Waals surface area contributed by atoms with Crippen LogP contribution in [0.3, 0.4) is 0 Å². The van der Waals surface area contributed by atoms with Gasteiger partial charge in [-0.3, -0.25) is 0 Å². The molecule has 0 amide bonds. The van der Waals surface area contributed by atoms with Gasteiger partial charge in [0, 0.05) is 5.56 Å². The van der Waals surface area contributed by atoms with Crippen LogP contribution in [0.5, 0.6) is 17.2 Å². The van der Waals surface area contributed by atoms with Crippen LogP contribution in [-0.4, -0.2) is 33.2 Å². The van der Waals surface area contributed by atoms with E-state index >= 15 is 0 Å². The lowest BCUT2D eigenvalue weighted by Crippen LogP contribution is -2.06. The molecule has 0 saturated heterocycles. The molecule has 0 N–H and O–H groups in total. The van der Waals surface area contributed by atoms with E-state index in [1.807, 2.05) is 42.5 Å². The number of nitrogens with zero attached hydrogens (tertiary/aromatic N) is 1. The summed E-state index contributed by atoms with van der Waals surface area (Å²) in [7, 11) is 4.57. The van der Waals surface area contributed by atoms with Crippen molar-refractivity contribution in [1.29, 1.82) is 0 Å². The minimum Gasteiger partial charge on any atom is -0.493 e. The maximum atomic E-state index is 12.4. The van der Waals surface area contributed by atoms with E-state index in [9.17, 15) is 4.79 Å². The third-order valence-corrected chi connectivity index (χ3v) is 4.61. The zero-order valence-corrected chi connectivity index (χ0v) is 16.3. The number of fused-ring (bicyclic) bond motifs is 1. The smallest absolute Gasteiger partial charge is 0.363 e. The van der Waals surface area contributed by atoms with Crippen LogP contribution < -0.4 is 14.2 Å². The van der Waals surface area contributed by atoms with E-state index in [1.165, 1.54) is 21.3 Å². The van der Waals surface area contributed by atoms with Gasteiger partial charge in [0.1, 0.15) is 0 Å². The molecule has 6 heteroatoms. The highest BCUT2D eigenvalue weighted by Gasteiger charge is 2.26. The van der Waals surface area contributed by atoms with Crippen molar-refractivity contribution in [3.05, 3.63) is 71.4 Å². The maximum Gasteiger partial charge on any atom is 0.363 e. The Bertz CT molecular complexity index is 1140. The van der Waals surface area contributed by atoms with Gasteiger partial charge < -0.3 is 18.9 Å². The van der Waals surface area contributed by atoms with E-state index < -0.39 is 5.97 Å². The van der Waals surface area contributed by atoms with Gasteiger partial charge in [-0.05, 0) is 40.6 Å². The Labute approximate surface area is 168 Å². The molecule has 4 rings (SSSR count). The number of benzene rings is 3. The van der Waals surface area contributed by atoms with Gasteiger partial charge in [-0.2, -0.15) is 0 Å². The molecule has 0 atom stereocenters. The van der Waals surface area contributed by atoms with Gasteiger partial charge in [-0.1, -0.05) is 36.4 Å². The number of ether oxygens (including phenoxy) is 4. The minimum absolute atomic E-state index is 0.182. The number of hydrogen-bond acceptors (Lipinski definition) is 6. The first kappa shape index (κ1) is 18.6. The van der Waals surface area contributed by atoms with Gasteiger partial charge in [-0.15, -0.1) is 0 Å². The molecule has 0 unspecified atom stereocenters. The fourth-order valence-electron chi connectivity index (χ4n) is 3.19. The molecule has 1 aliphatic rings. The predicted octanol–water partition coefficient (Wildman–Crippen LogP) is 4.21. The molecule has 3 aromatic carbocycles. The summed E-state index contributed by atoms with van der Waals surface area (Å²) in [5, 5.41) is 2.22. The van der Waals surface area contributed by atoms with Crippen LogP contribution in [0.4, 0.5) is 0 Å². The molecule has 0 radical (unpaired) electrons. The zero-order valence-electron chi connectivity index (χ0n) is 16.3. The Morgan fingerprint density at radius 2 is 1.55 bits per heavy atom. The molecule has 0 fully saturated rings. The molecule has 0 spiro atoms. The van der Waals surface area contributed by atoms with E-state index in [4.69, 9.17) is 18.9 Å². The third-order valence-electron chi connectivity index (χ3n) is 4.61. The average molecular weight is 389 g/mol. The standard InChI is InChI=1S/C23H19NO5/c1-26-19-12-17(13-20(27-2)21(19)28-3)22-24-18(23(25)29-22)11-14-8-9-15-6-4-5-7-16(15)10-14/h4-13H,1-3H3/b18-11+. The van der Waals surface area contributed by atoms with Gasteiger partial charge in [0.25, 0.3) is 0 Å². The van der Waals surface area contributed by atoms with Gasteiger partial charge in [-0.25, -0.2) is 9.79 Å². The second kappa shape index (κ2) is 7.67. The van der Waals surface area contributed by atoms with Crippen molar-refractivity contribution < 1.29 is 23.7 Å². The summed E-state index contributed by atoms with van der Waals surface area (Å²) >= 11 is 0. The largest absolute Gasteiger partial charge is 0.493 e. The van der Waals surface area contributed by atoms with E-state index in [0.717, 1.165) is 16.3 Å². The van der Waals surface area contributed by atoms with Crippen LogP contribution in [0, 0.1) is 0 Å². The molecular weight excluding hydrogens is 370 g/mol. The molecule has 0 aliphatic carbocycles. The first-order valence-electron chi connectivity index (χ1n) is 8.94. The molecule has 0 aromatic heterocycles. The van der Waals surface area contributed by atoms with Gasteiger partial charge in [0.15, 0.2) is 17.2 Å². The lowest BCUT2D eigenvalue weighted by atomic mass is 10.1. The lowest BCUT2D eigenvalue weighted by Gasteiger charge is -2.13. The van der Waals surface area contributed by atoms with Crippen LogP contribution >= 0.6 is 0 Å². The number of esters is 1. The van der Waals surface area contributed by atoms with Crippen LogP contribution in [0.15, 0.2) is 65.3 Å². The quantitative estimate of drug-likeness (QED) is 0.483. The van der Waals surface area contributed by atoms with Crippen molar-refractivity contribution >= 4 is 28.7 Å². The fourth-order valence-corrected chi connectivity index (χ4v) is 3.19. The van der Waals surface area contributed by atoms with Crippen molar-refractivity contribution in [1.82, 2.24) is 0 Å². The third kappa shape index (κ3) is 3.52. The predicted molar refractivity (Wildman–Crippen MR) is 111 cm³/mol. The molecule has 3 aromatic rings. The number of aliphatic imine (C=N–C) groups is 1. The first-order valence-corrected chi connectivity index (χ1v) is 8.94. The summed E-state index contributed by atoms with van der Waals surface area (Å²) in [6.45, 7) is 0. The van der Waals surface area contributed by atoms with Crippen LogP contribution in [0.2, 0.25) is 0 Å².